The lowest BCUT2D eigenvalue weighted by molar-refractivity contribution is -0.274. The molecule has 0 amide bonds. The van der Waals surface area contributed by atoms with Gasteiger partial charge in [-0.3, -0.25) is 0 Å². The SMILES string of the molecule is CCOC(=O)[C@H](NS(=O)(=O)c1ccc(OC(F)(F)F)cc1)c1ccccc1. The third-order valence-corrected chi connectivity index (χ3v) is 4.73. The van der Waals surface area contributed by atoms with E-state index in [4.69, 9.17) is 4.74 Å². The van der Waals surface area contributed by atoms with Crippen LogP contribution in [0, 0.1) is 0 Å². The number of hydrogen-bond donors (Lipinski definition) is 1. The molecule has 27 heavy (non-hydrogen) atoms. The molecule has 0 spiro atoms. The van der Waals surface area contributed by atoms with Gasteiger partial charge in [-0.1, -0.05) is 30.3 Å². The van der Waals surface area contributed by atoms with Crippen molar-refractivity contribution in [3.8, 4) is 5.75 Å². The largest absolute Gasteiger partial charge is 0.573 e. The molecule has 1 atom stereocenters. The molecule has 0 unspecified atom stereocenters. The summed E-state index contributed by atoms with van der Waals surface area (Å²) >= 11 is 0. The molecule has 0 aliphatic heterocycles. The molecule has 0 aliphatic rings. The van der Waals surface area contributed by atoms with Gasteiger partial charge in [0.25, 0.3) is 0 Å². The number of halogens is 3. The van der Waals surface area contributed by atoms with Crippen LogP contribution in [-0.2, 0) is 19.6 Å². The van der Waals surface area contributed by atoms with Gasteiger partial charge in [-0.05, 0) is 36.8 Å². The van der Waals surface area contributed by atoms with Gasteiger partial charge in [-0.15, -0.1) is 13.2 Å². The second kappa shape index (κ2) is 8.40. The van der Waals surface area contributed by atoms with Crippen molar-refractivity contribution < 1.29 is 35.9 Å². The molecule has 2 aromatic carbocycles. The fourth-order valence-corrected chi connectivity index (χ4v) is 3.34. The van der Waals surface area contributed by atoms with E-state index in [2.05, 4.69) is 9.46 Å². The average molecular weight is 403 g/mol. The lowest BCUT2D eigenvalue weighted by Crippen LogP contribution is -2.35. The minimum absolute atomic E-state index is 0.0490. The molecule has 0 aliphatic carbocycles. The maximum absolute atomic E-state index is 12.5. The molecular formula is C17H16F3NO5S. The first-order valence-corrected chi connectivity index (χ1v) is 9.20. The smallest absolute Gasteiger partial charge is 0.465 e. The molecule has 0 radical (unpaired) electrons. The lowest BCUT2D eigenvalue weighted by Gasteiger charge is -2.18. The van der Waals surface area contributed by atoms with E-state index in [9.17, 15) is 26.4 Å². The average Bonchev–Trinajstić information content (AvgIpc) is 2.60. The maximum Gasteiger partial charge on any atom is 0.573 e. The standard InChI is InChI=1S/C17H16F3NO5S/c1-2-25-16(22)15(12-6-4-3-5-7-12)21-27(23,24)14-10-8-13(9-11-14)26-17(18,19)20/h3-11,15,21H,2H2,1H3/t15-/m1/s1. The number of ether oxygens (including phenoxy) is 2. The van der Waals surface area contributed by atoms with E-state index in [0.717, 1.165) is 24.3 Å². The van der Waals surface area contributed by atoms with Crippen molar-refractivity contribution in [2.75, 3.05) is 6.61 Å². The van der Waals surface area contributed by atoms with E-state index in [1.165, 1.54) is 0 Å². The van der Waals surface area contributed by atoms with Gasteiger partial charge in [0.1, 0.15) is 11.8 Å². The van der Waals surface area contributed by atoms with Crippen LogP contribution in [0.2, 0.25) is 0 Å². The van der Waals surface area contributed by atoms with Gasteiger partial charge in [-0.25, -0.2) is 13.2 Å². The number of alkyl halides is 3. The predicted octanol–water partition coefficient (Wildman–Crippen LogP) is 3.17. The summed E-state index contributed by atoms with van der Waals surface area (Å²) in [5, 5.41) is 0. The fraction of sp³-hybridized carbons (Fsp3) is 0.235. The number of carbonyl (C=O) groups is 1. The van der Waals surface area contributed by atoms with E-state index >= 15 is 0 Å². The van der Waals surface area contributed by atoms with Gasteiger partial charge in [0.05, 0.1) is 11.5 Å². The van der Waals surface area contributed by atoms with Crippen LogP contribution in [-0.4, -0.2) is 27.4 Å². The lowest BCUT2D eigenvalue weighted by atomic mass is 10.1. The third kappa shape index (κ3) is 5.97. The highest BCUT2D eigenvalue weighted by molar-refractivity contribution is 7.89. The molecule has 0 heterocycles. The van der Waals surface area contributed by atoms with Gasteiger partial charge in [0, 0.05) is 0 Å². The summed E-state index contributed by atoms with van der Waals surface area (Å²) in [5.74, 6) is -1.37. The number of benzene rings is 2. The molecule has 0 saturated heterocycles. The molecule has 1 N–H and O–H groups in total. The zero-order valence-electron chi connectivity index (χ0n) is 14.1. The maximum atomic E-state index is 12.5. The quantitative estimate of drug-likeness (QED) is 0.719. The first-order valence-electron chi connectivity index (χ1n) is 7.72. The zero-order valence-corrected chi connectivity index (χ0v) is 14.9. The van der Waals surface area contributed by atoms with Crippen molar-refractivity contribution in [3.63, 3.8) is 0 Å². The summed E-state index contributed by atoms with van der Waals surface area (Å²) in [5.41, 5.74) is 0.358. The Kier molecular flexibility index (Phi) is 6.45. The van der Waals surface area contributed by atoms with E-state index in [0.29, 0.717) is 5.56 Å². The molecule has 146 valence electrons. The van der Waals surface area contributed by atoms with E-state index in [1.807, 2.05) is 0 Å². The highest BCUT2D eigenvalue weighted by Crippen LogP contribution is 2.25. The summed E-state index contributed by atoms with van der Waals surface area (Å²) in [6.07, 6.45) is -4.89. The van der Waals surface area contributed by atoms with Crippen molar-refractivity contribution in [1.29, 1.82) is 0 Å². The Bertz CT molecular complexity index is 868. The molecular weight excluding hydrogens is 387 g/mol. The van der Waals surface area contributed by atoms with Crippen molar-refractivity contribution in [3.05, 3.63) is 60.2 Å². The van der Waals surface area contributed by atoms with Gasteiger partial charge < -0.3 is 9.47 Å². The molecule has 0 saturated carbocycles. The van der Waals surface area contributed by atoms with Crippen molar-refractivity contribution >= 4 is 16.0 Å². The van der Waals surface area contributed by atoms with Crippen LogP contribution in [0.4, 0.5) is 13.2 Å². The summed E-state index contributed by atoms with van der Waals surface area (Å²) in [6.45, 7) is 1.63. The molecule has 0 fully saturated rings. The van der Waals surface area contributed by atoms with Crippen molar-refractivity contribution in [2.24, 2.45) is 0 Å². The van der Waals surface area contributed by atoms with Gasteiger partial charge in [-0.2, -0.15) is 4.72 Å². The van der Waals surface area contributed by atoms with Crippen molar-refractivity contribution in [2.45, 2.75) is 24.2 Å². The molecule has 10 heteroatoms. The Morgan fingerprint density at radius 2 is 1.67 bits per heavy atom. The number of nitrogens with one attached hydrogen (secondary N) is 1. The topological polar surface area (TPSA) is 81.7 Å². The van der Waals surface area contributed by atoms with Crippen LogP contribution in [0.25, 0.3) is 0 Å². The third-order valence-electron chi connectivity index (χ3n) is 3.30. The van der Waals surface area contributed by atoms with E-state index in [-0.39, 0.29) is 11.5 Å². The van der Waals surface area contributed by atoms with Crippen LogP contribution < -0.4 is 9.46 Å². The first kappa shape index (κ1) is 20.7. The van der Waals surface area contributed by atoms with Crippen LogP contribution in [0.3, 0.4) is 0 Å². The summed E-state index contributed by atoms with van der Waals surface area (Å²) in [4.78, 5) is 11.8. The van der Waals surface area contributed by atoms with Crippen molar-refractivity contribution in [1.82, 2.24) is 4.72 Å². The first-order chi connectivity index (χ1) is 12.6. The van der Waals surface area contributed by atoms with Crippen LogP contribution in [0.1, 0.15) is 18.5 Å². The Balaban J connectivity index is 2.27. The molecule has 2 rings (SSSR count). The Morgan fingerprint density at radius 1 is 1.07 bits per heavy atom. The monoisotopic (exact) mass is 403 g/mol. The number of rotatable bonds is 7. The number of carbonyl (C=O) groups excluding carboxylic acids is 1. The molecule has 0 bridgehead atoms. The fourth-order valence-electron chi connectivity index (χ4n) is 2.17. The normalized spacial score (nSPS) is 13.0. The van der Waals surface area contributed by atoms with Crippen LogP contribution in [0.5, 0.6) is 5.75 Å². The second-order valence-corrected chi connectivity index (χ2v) is 6.95. The summed E-state index contributed by atoms with van der Waals surface area (Å²) in [7, 11) is -4.22. The zero-order chi connectivity index (χ0) is 20.1. The van der Waals surface area contributed by atoms with Gasteiger partial charge in [0.15, 0.2) is 0 Å². The van der Waals surface area contributed by atoms with E-state index in [1.54, 1.807) is 37.3 Å². The summed E-state index contributed by atoms with van der Waals surface area (Å²) in [6, 6.07) is 10.3. The minimum Gasteiger partial charge on any atom is -0.465 e. The van der Waals surface area contributed by atoms with Crippen LogP contribution in [0.15, 0.2) is 59.5 Å². The van der Waals surface area contributed by atoms with Gasteiger partial charge in [0.2, 0.25) is 10.0 Å². The highest BCUT2D eigenvalue weighted by atomic mass is 32.2. The van der Waals surface area contributed by atoms with E-state index < -0.39 is 34.1 Å². The molecule has 0 aromatic heterocycles. The minimum atomic E-state index is -4.89. The molecule has 2 aromatic rings. The second-order valence-electron chi connectivity index (χ2n) is 5.24. The highest BCUT2D eigenvalue weighted by Gasteiger charge is 2.32. The Labute approximate surface area is 154 Å². The number of hydrogen-bond acceptors (Lipinski definition) is 5. The predicted molar refractivity (Wildman–Crippen MR) is 89.3 cm³/mol. The summed E-state index contributed by atoms with van der Waals surface area (Å²) < 4.78 is 72.5. The van der Waals surface area contributed by atoms with Gasteiger partial charge >= 0.3 is 12.3 Å². The molecule has 6 nitrogen and oxygen atoms in total. The number of esters is 1. The Morgan fingerprint density at radius 3 is 2.19 bits per heavy atom. The van der Waals surface area contributed by atoms with Crippen LogP contribution >= 0.6 is 0 Å². The number of sulfonamides is 1. The Hall–Kier alpha value is -2.59.